The van der Waals surface area contributed by atoms with Crippen LogP contribution in [0.5, 0.6) is 0 Å². The first-order valence-corrected chi connectivity index (χ1v) is 7.38. The van der Waals surface area contributed by atoms with Gasteiger partial charge >= 0.3 is 5.97 Å². The van der Waals surface area contributed by atoms with E-state index in [0.29, 0.717) is 22.9 Å². The van der Waals surface area contributed by atoms with Crippen LogP contribution in [0, 0.1) is 5.92 Å². The number of nitrogens with one attached hydrogen (secondary N) is 1. The first-order chi connectivity index (χ1) is 9.50. The van der Waals surface area contributed by atoms with Gasteiger partial charge in [0.05, 0.1) is 10.9 Å². The molecule has 0 aliphatic rings. The highest BCUT2D eigenvalue weighted by Crippen LogP contribution is 2.34. The van der Waals surface area contributed by atoms with E-state index in [4.69, 9.17) is 16.7 Å². The average Bonchev–Trinajstić information content (AvgIpc) is 2.76. The number of carbonyl (C=O) groups excluding carboxylic acids is 1. The number of amides is 1. The number of benzene rings is 1. The van der Waals surface area contributed by atoms with E-state index in [1.807, 2.05) is 24.3 Å². The van der Waals surface area contributed by atoms with Gasteiger partial charge in [0.1, 0.15) is 4.88 Å². The number of aliphatic carboxylic acids is 1. The van der Waals surface area contributed by atoms with Crippen molar-refractivity contribution in [3.63, 3.8) is 0 Å². The van der Waals surface area contributed by atoms with E-state index >= 15 is 0 Å². The van der Waals surface area contributed by atoms with E-state index in [1.54, 1.807) is 6.92 Å². The average molecular weight is 312 g/mol. The quantitative estimate of drug-likeness (QED) is 0.889. The summed E-state index contributed by atoms with van der Waals surface area (Å²) < 4.78 is 0.960. The summed E-state index contributed by atoms with van der Waals surface area (Å²) in [5.74, 6) is -1.60. The van der Waals surface area contributed by atoms with Crippen molar-refractivity contribution in [1.82, 2.24) is 5.32 Å². The summed E-state index contributed by atoms with van der Waals surface area (Å²) in [6.45, 7) is 1.93. The topological polar surface area (TPSA) is 66.4 Å². The van der Waals surface area contributed by atoms with Crippen molar-refractivity contribution < 1.29 is 14.7 Å². The molecule has 1 unspecified atom stereocenters. The van der Waals surface area contributed by atoms with Gasteiger partial charge in [-0.3, -0.25) is 9.59 Å². The Hall–Kier alpha value is -1.59. The van der Waals surface area contributed by atoms with Crippen molar-refractivity contribution in [1.29, 1.82) is 0 Å². The van der Waals surface area contributed by atoms with Crippen LogP contribution in [0.4, 0.5) is 0 Å². The molecule has 1 aromatic carbocycles. The molecule has 1 amide bonds. The molecular weight excluding hydrogens is 298 g/mol. The SMILES string of the molecule is CC(CCNC(=O)c1sc2ccccc2c1Cl)C(=O)O. The van der Waals surface area contributed by atoms with Gasteiger partial charge in [-0.25, -0.2) is 0 Å². The minimum absolute atomic E-state index is 0.256. The molecule has 0 spiro atoms. The maximum atomic E-state index is 12.1. The zero-order chi connectivity index (χ0) is 14.7. The van der Waals surface area contributed by atoms with Gasteiger partial charge in [0.15, 0.2) is 0 Å². The Bertz CT molecular complexity index is 653. The fourth-order valence-electron chi connectivity index (χ4n) is 1.77. The fraction of sp³-hybridized carbons (Fsp3) is 0.286. The van der Waals surface area contributed by atoms with Crippen molar-refractivity contribution in [2.75, 3.05) is 6.54 Å². The molecular formula is C14H14ClNO3S. The molecule has 6 heteroatoms. The smallest absolute Gasteiger partial charge is 0.306 e. The Morgan fingerprint density at radius 3 is 2.75 bits per heavy atom. The van der Waals surface area contributed by atoms with E-state index in [-0.39, 0.29) is 5.91 Å². The summed E-state index contributed by atoms with van der Waals surface area (Å²) >= 11 is 7.54. The highest BCUT2D eigenvalue weighted by molar-refractivity contribution is 7.21. The lowest BCUT2D eigenvalue weighted by Crippen LogP contribution is -2.26. The van der Waals surface area contributed by atoms with Crippen LogP contribution in [-0.2, 0) is 4.79 Å². The van der Waals surface area contributed by atoms with Crippen molar-refractivity contribution in [3.8, 4) is 0 Å². The largest absolute Gasteiger partial charge is 0.481 e. The first-order valence-electron chi connectivity index (χ1n) is 6.18. The number of thiophene rings is 1. The van der Waals surface area contributed by atoms with Gasteiger partial charge in [0.2, 0.25) is 0 Å². The fourth-order valence-corrected chi connectivity index (χ4v) is 3.20. The maximum absolute atomic E-state index is 12.1. The molecule has 2 aromatic rings. The third-order valence-electron chi connectivity index (χ3n) is 3.03. The Morgan fingerprint density at radius 2 is 2.10 bits per heavy atom. The zero-order valence-electron chi connectivity index (χ0n) is 10.9. The maximum Gasteiger partial charge on any atom is 0.306 e. The number of carboxylic acids is 1. The summed E-state index contributed by atoms with van der Waals surface area (Å²) in [6, 6.07) is 7.55. The normalized spacial score (nSPS) is 12.3. The van der Waals surface area contributed by atoms with Crippen molar-refractivity contribution in [3.05, 3.63) is 34.2 Å². The van der Waals surface area contributed by atoms with Crippen molar-refractivity contribution in [2.45, 2.75) is 13.3 Å². The molecule has 0 aliphatic carbocycles. The van der Waals surface area contributed by atoms with Crippen LogP contribution in [0.25, 0.3) is 10.1 Å². The Balaban J connectivity index is 2.04. The zero-order valence-corrected chi connectivity index (χ0v) is 12.4. The van der Waals surface area contributed by atoms with E-state index in [1.165, 1.54) is 11.3 Å². The monoisotopic (exact) mass is 311 g/mol. The summed E-state index contributed by atoms with van der Waals surface area (Å²) in [6.07, 6.45) is 0.392. The molecule has 106 valence electrons. The lowest BCUT2D eigenvalue weighted by Gasteiger charge is -2.07. The third kappa shape index (κ3) is 3.11. The van der Waals surface area contributed by atoms with Gasteiger partial charge in [-0.2, -0.15) is 0 Å². The highest BCUT2D eigenvalue weighted by Gasteiger charge is 2.17. The molecule has 1 aromatic heterocycles. The van der Waals surface area contributed by atoms with Gasteiger partial charge in [-0.1, -0.05) is 36.7 Å². The van der Waals surface area contributed by atoms with E-state index in [0.717, 1.165) is 10.1 Å². The Kier molecular flexibility index (Phi) is 4.62. The molecule has 2 rings (SSSR count). The van der Waals surface area contributed by atoms with E-state index < -0.39 is 11.9 Å². The number of carboxylic acid groups (broad SMARTS) is 1. The van der Waals surface area contributed by atoms with Gasteiger partial charge in [-0.05, 0) is 12.5 Å². The molecule has 1 atom stereocenters. The second-order valence-electron chi connectivity index (χ2n) is 4.53. The van der Waals surface area contributed by atoms with Crippen LogP contribution in [-0.4, -0.2) is 23.5 Å². The second kappa shape index (κ2) is 6.24. The molecule has 0 aliphatic heterocycles. The minimum atomic E-state index is -0.862. The number of carbonyl (C=O) groups is 2. The molecule has 4 nitrogen and oxygen atoms in total. The summed E-state index contributed by atoms with van der Waals surface area (Å²) in [5, 5.41) is 12.8. The van der Waals surface area contributed by atoms with Crippen molar-refractivity contribution in [2.24, 2.45) is 5.92 Å². The molecule has 2 N–H and O–H groups in total. The third-order valence-corrected chi connectivity index (χ3v) is 4.70. The Morgan fingerprint density at radius 1 is 1.40 bits per heavy atom. The number of halogens is 1. The Labute approximate surface area is 125 Å². The standard InChI is InChI=1S/C14H14ClNO3S/c1-8(14(18)19)6-7-16-13(17)12-11(15)9-4-2-3-5-10(9)20-12/h2-5,8H,6-7H2,1H3,(H,16,17)(H,18,19). The molecule has 0 fully saturated rings. The minimum Gasteiger partial charge on any atom is -0.481 e. The summed E-state index contributed by atoms with van der Waals surface area (Å²) in [5.41, 5.74) is 0. The summed E-state index contributed by atoms with van der Waals surface area (Å²) in [4.78, 5) is 23.2. The molecule has 0 radical (unpaired) electrons. The summed E-state index contributed by atoms with van der Waals surface area (Å²) in [7, 11) is 0. The van der Waals surface area contributed by atoms with Crippen molar-refractivity contribution >= 4 is 44.9 Å². The number of hydrogen-bond donors (Lipinski definition) is 2. The molecule has 20 heavy (non-hydrogen) atoms. The van der Waals surface area contributed by atoms with Crippen LogP contribution >= 0.6 is 22.9 Å². The van der Waals surface area contributed by atoms with Gasteiger partial charge in [0.25, 0.3) is 5.91 Å². The molecule has 0 saturated carbocycles. The number of hydrogen-bond acceptors (Lipinski definition) is 3. The molecule has 0 saturated heterocycles. The van der Waals surface area contributed by atoms with Gasteiger partial charge in [0, 0.05) is 16.6 Å². The van der Waals surface area contributed by atoms with E-state index in [9.17, 15) is 9.59 Å². The molecule has 0 bridgehead atoms. The number of fused-ring (bicyclic) bond motifs is 1. The second-order valence-corrected chi connectivity index (χ2v) is 5.96. The van der Waals surface area contributed by atoms with Gasteiger partial charge in [-0.15, -0.1) is 11.3 Å². The predicted octanol–water partition coefficient (Wildman–Crippen LogP) is 3.40. The lowest BCUT2D eigenvalue weighted by atomic mass is 10.1. The molecule has 1 heterocycles. The predicted molar refractivity (Wildman–Crippen MR) is 80.6 cm³/mol. The highest BCUT2D eigenvalue weighted by atomic mass is 35.5. The van der Waals surface area contributed by atoms with Crippen LogP contribution < -0.4 is 5.32 Å². The van der Waals surface area contributed by atoms with E-state index in [2.05, 4.69) is 5.32 Å². The van der Waals surface area contributed by atoms with Gasteiger partial charge < -0.3 is 10.4 Å². The van der Waals surface area contributed by atoms with Crippen LogP contribution in [0.3, 0.4) is 0 Å². The van der Waals surface area contributed by atoms with Crippen LogP contribution in [0.15, 0.2) is 24.3 Å². The number of rotatable bonds is 5. The lowest BCUT2D eigenvalue weighted by molar-refractivity contribution is -0.141. The first kappa shape index (κ1) is 14.8. The van der Waals surface area contributed by atoms with Crippen LogP contribution in [0.1, 0.15) is 23.0 Å². The van der Waals surface area contributed by atoms with Crippen LogP contribution in [0.2, 0.25) is 5.02 Å².